The Labute approximate surface area is 118 Å². The van der Waals surface area contributed by atoms with Crippen LogP contribution in [-0.4, -0.2) is 24.9 Å². The Morgan fingerprint density at radius 1 is 1.44 bits per heavy atom. The molecule has 0 bridgehead atoms. The quantitative estimate of drug-likeness (QED) is 0.831. The first-order chi connectivity index (χ1) is 8.56. The summed E-state index contributed by atoms with van der Waals surface area (Å²) < 4.78 is 5.87. The van der Waals surface area contributed by atoms with Crippen LogP contribution in [0.25, 0.3) is 0 Å². The lowest BCUT2D eigenvalue weighted by atomic mass is 10.3. The van der Waals surface area contributed by atoms with Gasteiger partial charge in [-0.2, -0.15) is 0 Å². The van der Waals surface area contributed by atoms with Crippen molar-refractivity contribution in [3.8, 4) is 5.75 Å². The van der Waals surface area contributed by atoms with Crippen molar-refractivity contribution in [2.75, 3.05) is 18.3 Å². The molecule has 3 amide bonds. The monoisotopic (exact) mass is 334 g/mol. The Hall–Kier alpha value is -1.27. The second kappa shape index (κ2) is 7.23. The summed E-state index contributed by atoms with van der Waals surface area (Å²) in [7, 11) is 1.49. The Morgan fingerprint density at radius 2 is 2.17 bits per heavy atom. The van der Waals surface area contributed by atoms with Crippen LogP contribution in [0.3, 0.4) is 0 Å². The van der Waals surface area contributed by atoms with Crippen LogP contribution >= 0.6 is 27.5 Å². The predicted octanol–water partition coefficient (Wildman–Crippen LogP) is 2.73. The topological polar surface area (TPSA) is 67.4 Å². The SMILES string of the molecule is COc1ccc(Br)cc1NC(=O)NC(=O)CCCl. The lowest BCUT2D eigenvalue weighted by Gasteiger charge is -2.10. The molecule has 0 saturated heterocycles. The van der Waals surface area contributed by atoms with Crippen LogP contribution in [0.2, 0.25) is 0 Å². The molecule has 0 radical (unpaired) electrons. The zero-order valence-electron chi connectivity index (χ0n) is 9.63. The van der Waals surface area contributed by atoms with E-state index in [0.29, 0.717) is 11.4 Å². The highest BCUT2D eigenvalue weighted by atomic mass is 79.9. The molecule has 0 aliphatic heterocycles. The van der Waals surface area contributed by atoms with Gasteiger partial charge in [0.05, 0.1) is 12.8 Å². The maximum Gasteiger partial charge on any atom is 0.325 e. The number of ether oxygens (including phenoxy) is 1. The molecule has 7 heteroatoms. The van der Waals surface area contributed by atoms with Gasteiger partial charge in [0.2, 0.25) is 5.91 Å². The van der Waals surface area contributed by atoms with Gasteiger partial charge in [-0.3, -0.25) is 10.1 Å². The van der Waals surface area contributed by atoms with Crippen molar-refractivity contribution in [1.29, 1.82) is 0 Å². The van der Waals surface area contributed by atoms with Gasteiger partial charge in [-0.15, -0.1) is 11.6 Å². The number of hydrogen-bond acceptors (Lipinski definition) is 3. The van der Waals surface area contributed by atoms with Gasteiger partial charge >= 0.3 is 6.03 Å². The molecule has 0 fully saturated rings. The zero-order chi connectivity index (χ0) is 13.5. The number of amides is 3. The maximum atomic E-state index is 11.5. The number of nitrogens with one attached hydrogen (secondary N) is 2. The van der Waals surface area contributed by atoms with Crippen LogP contribution in [0.4, 0.5) is 10.5 Å². The van der Waals surface area contributed by atoms with Crippen molar-refractivity contribution < 1.29 is 14.3 Å². The Bertz CT molecular complexity index is 454. The summed E-state index contributed by atoms with van der Waals surface area (Å²) in [5, 5.41) is 4.68. The Balaban J connectivity index is 2.69. The first-order valence-corrected chi connectivity index (χ1v) is 6.40. The van der Waals surface area contributed by atoms with Gasteiger partial charge in [-0.25, -0.2) is 4.79 Å². The van der Waals surface area contributed by atoms with E-state index in [-0.39, 0.29) is 12.3 Å². The third-order valence-corrected chi connectivity index (χ3v) is 2.67. The summed E-state index contributed by atoms with van der Waals surface area (Å²) in [6, 6.07) is 4.52. The number of benzene rings is 1. The molecule has 98 valence electrons. The van der Waals surface area contributed by atoms with E-state index in [1.54, 1.807) is 18.2 Å². The van der Waals surface area contributed by atoms with Crippen LogP contribution in [0.5, 0.6) is 5.75 Å². The van der Waals surface area contributed by atoms with Gasteiger partial charge in [0.1, 0.15) is 5.75 Å². The smallest absolute Gasteiger partial charge is 0.325 e. The average Bonchev–Trinajstić information content (AvgIpc) is 2.29. The van der Waals surface area contributed by atoms with E-state index in [1.807, 2.05) is 0 Å². The average molecular weight is 336 g/mol. The van der Waals surface area contributed by atoms with E-state index < -0.39 is 11.9 Å². The number of alkyl halides is 1. The van der Waals surface area contributed by atoms with E-state index in [9.17, 15) is 9.59 Å². The summed E-state index contributed by atoms with van der Waals surface area (Å²) >= 11 is 8.67. The van der Waals surface area contributed by atoms with E-state index >= 15 is 0 Å². The highest BCUT2D eigenvalue weighted by Crippen LogP contribution is 2.27. The van der Waals surface area contributed by atoms with Gasteiger partial charge in [-0.1, -0.05) is 15.9 Å². The molecule has 0 unspecified atom stereocenters. The van der Waals surface area contributed by atoms with E-state index in [0.717, 1.165) is 4.47 Å². The number of carbonyl (C=O) groups excluding carboxylic acids is 2. The molecular formula is C11H12BrClN2O3. The summed E-state index contributed by atoms with van der Waals surface area (Å²) in [5.41, 5.74) is 0.461. The van der Waals surface area contributed by atoms with Crippen LogP contribution in [0.15, 0.2) is 22.7 Å². The minimum atomic E-state index is -0.624. The molecule has 1 aromatic rings. The summed E-state index contributed by atoms with van der Waals surface area (Å²) in [6.45, 7) is 0. The molecule has 0 spiro atoms. The van der Waals surface area contributed by atoms with Crippen molar-refractivity contribution in [1.82, 2.24) is 5.32 Å². The fraction of sp³-hybridized carbons (Fsp3) is 0.273. The van der Waals surface area contributed by atoms with Crippen molar-refractivity contribution in [2.24, 2.45) is 0 Å². The minimum Gasteiger partial charge on any atom is -0.495 e. The lowest BCUT2D eigenvalue weighted by molar-refractivity contribution is -0.119. The first kappa shape index (κ1) is 14.8. The molecule has 1 rings (SSSR count). The highest BCUT2D eigenvalue weighted by molar-refractivity contribution is 9.10. The first-order valence-electron chi connectivity index (χ1n) is 5.07. The second-order valence-electron chi connectivity index (χ2n) is 3.29. The van der Waals surface area contributed by atoms with Gasteiger partial charge in [0, 0.05) is 16.8 Å². The lowest BCUT2D eigenvalue weighted by Crippen LogP contribution is -2.34. The minimum absolute atomic E-state index is 0.0879. The molecule has 1 aromatic carbocycles. The predicted molar refractivity (Wildman–Crippen MR) is 73.2 cm³/mol. The number of methoxy groups -OCH3 is 1. The largest absolute Gasteiger partial charge is 0.495 e. The zero-order valence-corrected chi connectivity index (χ0v) is 12.0. The number of rotatable bonds is 4. The third-order valence-electron chi connectivity index (χ3n) is 1.98. The molecule has 0 aliphatic carbocycles. The molecule has 0 atom stereocenters. The number of hydrogen-bond donors (Lipinski definition) is 2. The van der Waals surface area contributed by atoms with Crippen LogP contribution < -0.4 is 15.4 Å². The normalized spacial score (nSPS) is 9.72. The molecule has 5 nitrogen and oxygen atoms in total. The van der Waals surface area contributed by atoms with Gasteiger partial charge < -0.3 is 10.1 Å². The number of carbonyl (C=O) groups is 2. The summed E-state index contributed by atoms with van der Waals surface area (Å²) in [5.74, 6) is 0.230. The van der Waals surface area contributed by atoms with Gasteiger partial charge in [0.15, 0.2) is 0 Å². The number of imide groups is 1. The Morgan fingerprint density at radius 3 is 2.78 bits per heavy atom. The second-order valence-corrected chi connectivity index (χ2v) is 4.58. The fourth-order valence-electron chi connectivity index (χ4n) is 1.21. The Kier molecular flexibility index (Phi) is 5.94. The third kappa shape index (κ3) is 4.54. The number of halogens is 2. The highest BCUT2D eigenvalue weighted by Gasteiger charge is 2.10. The van der Waals surface area contributed by atoms with Crippen molar-refractivity contribution in [2.45, 2.75) is 6.42 Å². The van der Waals surface area contributed by atoms with Gasteiger partial charge in [0.25, 0.3) is 0 Å². The standard InChI is InChI=1S/C11H12BrClN2O3/c1-18-9-3-2-7(12)6-8(9)14-11(17)15-10(16)4-5-13/h2-3,6H,4-5H2,1H3,(H2,14,15,16,17). The van der Waals surface area contributed by atoms with Crippen LogP contribution in [0, 0.1) is 0 Å². The molecule has 2 N–H and O–H groups in total. The molecule has 0 saturated carbocycles. The van der Waals surface area contributed by atoms with Crippen molar-refractivity contribution in [3.63, 3.8) is 0 Å². The van der Waals surface area contributed by atoms with E-state index in [2.05, 4.69) is 26.6 Å². The van der Waals surface area contributed by atoms with E-state index in [4.69, 9.17) is 16.3 Å². The van der Waals surface area contributed by atoms with Crippen molar-refractivity contribution >= 4 is 45.2 Å². The maximum absolute atomic E-state index is 11.5. The summed E-state index contributed by atoms with van der Waals surface area (Å²) in [6.07, 6.45) is 0.0879. The fourth-order valence-corrected chi connectivity index (χ4v) is 1.74. The molecule has 0 heterocycles. The van der Waals surface area contributed by atoms with Crippen molar-refractivity contribution in [3.05, 3.63) is 22.7 Å². The van der Waals surface area contributed by atoms with Crippen LogP contribution in [0.1, 0.15) is 6.42 Å². The number of urea groups is 1. The van der Waals surface area contributed by atoms with Crippen LogP contribution in [-0.2, 0) is 4.79 Å². The van der Waals surface area contributed by atoms with E-state index in [1.165, 1.54) is 7.11 Å². The molecule has 18 heavy (non-hydrogen) atoms. The van der Waals surface area contributed by atoms with Gasteiger partial charge in [-0.05, 0) is 18.2 Å². The number of anilines is 1. The summed E-state index contributed by atoms with van der Waals surface area (Å²) in [4.78, 5) is 22.7. The molecule has 0 aromatic heterocycles. The molecule has 0 aliphatic rings. The molecular weight excluding hydrogens is 323 g/mol.